The van der Waals surface area contributed by atoms with E-state index in [0.717, 1.165) is 39.9 Å². The molecule has 7 nitrogen and oxygen atoms in total. The van der Waals surface area contributed by atoms with Gasteiger partial charge in [0.15, 0.2) is 0 Å². The van der Waals surface area contributed by atoms with Crippen LogP contribution >= 0.6 is 0 Å². The lowest BCUT2D eigenvalue weighted by Crippen LogP contribution is -2.28. The van der Waals surface area contributed by atoms with Crippen LogP contribution in [-0.2, 0) is 24.7 Å². The third kappa shape index (κ3) is 4.14. The van der Waals surface area contributed by atoms with Gasteiger partial charge in [-0.1, -0.05) is 36.4 Å². The summed E-state index contributed by atoms with van der Waals surface area (Å²) in [5.41, 5.74) is 6.30. The minimum atomic E-state index is -0.0846. The Balaban J connectivity index is 1.31. The van der Waals surface area contributed by atoms with Crippen LogP contribution in [0.2, 0.25) is 0 Å². The molecule has 0 fully saturated rings. The van der Waals surface area contributed by atoms with Crippen LogP contribution in [0.15, 0.2) is 65.6 Å². The Labute approximate surface area is 203 Å². The molecule has 0 saturated carbocycles. The first-order chi connectivity index (χ1) is 17.0. The van der Waals surface area contributed by atoms with E-state index < -0.39 is 0 Å². The smallest absolute Gasteiger partial charge is 0.255 e. The fraction of sp³-hybridized carbons (Fsp3) is 0.250. The van der Waals surface area contributed by atoms with Crippen LogP contribution in [0.4, 0.5) is 0 Å². The molecule has 0 radical (unpaired) electrons. The third-order valence-electron chi connectivity index (χ3n) is 6.74. The van der Waals surface area contributed by atoms with Crippen LogP contribution in [0, 0.1) is 13.8 Å². The van der Waals surface area contributed by atoms with Gasteiger partial charge < -0.3 is 10.3 Å². The minimum Gasteiger partial charge on any atom is -0.361 e. The third-order valence-corrected chi connectivity index (χ3v) is 6.74. The lowest BCUT2D eigenvalue weighted by atomic mass is 10.0. The van der Waals surface area contributed by atoms with Crippen molar-refractivity contribution < 1.29 is 4.79 Å². The highest BCUT2D eigenvalue weighted by atomic mass is 16.1. The first-order valence-corrected chi connectivity index (χ1v) is 11.9. The van der Waals surface area contributed by atoms with Crippen LogP contribution in [-0.4, -0.2) is 31.8 Å². The molecular weight excluding hydrogens is 438 g/mol. The van der Waals surface area contributed by atoms with Gasteiger partial charge in [0.2, 0.25) is 5.91 Å². The number of carbonyl (C=O) groups excluding carboxylic acids is 1. The lowest BCUT2D eigenvalue weighted by molar-refractivity contribution is -0.121. The van der Waals surface area contributed by atoms with Crippen molar-refractivity contribution in [1.29, 1.82) is 0 Å². The molecule has 0 aliphatic heterocycles. The van der Waals surface area contributed by atoms with Crippen LogP contribution in [0.5, 0.6) is 0 Å². The summed E-state index contributed by atoms with van der Waals surface area (Å²) in [6.45, 7) is 4.47. The number of aromatic nitrogens is 4. The van der Waals surface area contributed by atoms with Gasteiger partial charge in [-0.05, 0) is 56.0 Å². The molecule has 3 aromatic heterocycles. The van der Waals surface area contributed by atoms with Gasteiger partial charge in [-0.25, -0.2) is 4.68 Å². The van der Waals surface area contributed by atoms with E-state index in [9.17, 15) is 9.59 Å². The highest BCUT2D eigenvalue weighted by Gasteiger charge is 2.20. The quantitative estimate of drug-likeness (QED) is 0.378. The number of amides is 1. The number of para-hydroxylation sites is 2. The molecule has 0 saturated heterocycles. The molecule has 2 aromatic carbocycles. The molecule has 0 aliphatic carbocycles. The van der Waals surface area contributed by atoms with Crippen LogP contribution in [0.1, 0.15) is 28.8 Å². The first-order valence-electron chi connectivity index (χ1n) is 11.9. The Kier molecular flexibility index (Phi) is 5.99. The zero-order chi connectivity index (χ0) is 24.5. The van der Waals surface area contributed by atoms with Gasteiger partial charge >= 0.3 is 0 Å². The van der Waals surface area contributed by atoms with Gasteiger partial charge in [0, 0.05) is 48.1 Å². The van der Waals surface area contributed by atoms with Crippen molar-refractivity contribution in [3.63, 3.8) is 0 Å². The Morgan fingerprint density at radius 2 is 1.77 bits per heavy atom. The second-order valence-corrected chi connectivity index (χ2v) is 8.96. The molecule has 0 unspecified atom stereocenters. The summed E-state index contributed by atoms with van der Waals surface area (Å²) in [4.78, 5) is 29.1. The molecule has 178 valence electrons. The summed E-state index contributed by atoms with van der Waals surface area (Å²) in [5, 5.41) is 9.87. The normalized spacial score (nSPS) is 11.4. The van der Waals surface area contributed by atoms with Crippen molar-refractivity contribution in [3.8, 4) is 5.69 Å². The summed E-state index contributed by atoms with van der Waals surface area (Å²) >= 11 is 0. The van der Waals surface area contributed by atoms with Crippen molar-refractivity contribution >= 4 is 27.8 Å². The number of hydrogen-bond acceptors (Lipinski definition) is 3. The van der Waals surface area contributed by atoms with E-state index in [2.05, 4.69) is 16.4 Å². The summed E-state index contributed by atoms with van der Waals surface area (Å²) in [7, 11) is 1.77. The molecule has 0 spiro atoms. The van der Waals surface area contributed by atoms with Gasteiger partial charge in [0.05, 0.1) is 11.4 Å². The van der Waals surface area contributed by atoms with E-state index in [0.29, 0.717) is 18.5 Å². The van der Waals surface area contributed by atoms with Crippen LogP contribution < -0.4 is 10.9 Å². The highest BCUT2D eigenvalue weighted by molar-refractivity contribution is 5.85. The molecule has 0 bridgehead atoms. The largest absolute Gasteiger partial charge is 0.361 e. The Morgan fingerprint density at radius 3 is 2.57 bits per heavy atom. The maximum absolute atomic E-state index is 13.3. The number of nitrogens with zero attached hydrogens (tertiary/aromatic N) is 3. The van der Waals surface area contributed by atoms with Gasteiger partial charge in [0.25, 0.3) is 5.56 Å². The van der Waals surface area contributed by atoms with Crippen molar-refractivity contribution in [2.75, 3.05) is 6.54 Å². The molecular formula is C28H29N5O2. The van der Waals surface area contributed by atoms with Crippen molar-refractivity contribution in [3.05, 3.63) is 93.5 Å². The standard InChI is InChI=1S/C28H29N5O2/c1-18-22(13-14-25(34)29-16-15-20-17-30-24-12-8-7-11-23(20)24)28(35)32(3)27-26(18)19(2)31-33(27)21-9-5-4-6-10-21/h4-12,17,30H,13-16H2,1-3H3,(H,29,34). The summed E-state index contributed by atoms with van der Waals surface area (Å²) < 4.78 is 3.47. The van der Waals surface area contributed by atoms with Gasteiger partial charge in [-0.15, -0.1) is 0 Å². The van der Waals surface area contributed by atoms with Crippen LogP contribution in [0.3, 0.4) is 0 Å². The van der Waals surface area contributed by atoms with E-state index in [-0.39, 0.29) is 17.9 Å². The zero-order valence-corrected chi connectivity index (χ0v) is 20.3. The molecule has 1 amide bonds. The predicted molar refractivity (Wildman–Crippen MR) is 139 cm³/mol. The Bertz CT molecular complexity index is 1590. The predicted octanol–water partition coefficient (Wildman–Crippen LogP) is 4.11. The fourth-order valence-corrected chi connectivity index (χ4v) is 4.92. The maximum Gasteiger partial charge on any atom is 0.255 e. The Hall–Kier alpha value is -4.13. The van der Waals surface area contributed by atoms with Crippen molar-refractivity contribution in [2.24, 2.45) is 7.05 Å². The molecule has 5 aromatic rings. The second-order valence-electron chi connectivity index (χ2n) is 8.96. The number of carbonyl (C=O) groups is 1. The summed E-state index contributed by atoms with van der Waals surface area (Å²) in [6, 6.07) is 18.0. The van der Waals surface area contributed by atoms with E-state index in [1.165, 1.54) is 10.9 Å². The SMILES string of the molecule is Cc1nn(-c2ccccc2)c2c1c(C)c(CCC(=O)NCCc1c[nH]c3ccccc13)c(=O)n2C. The Morgan fingerprint density at radius 1 is 1.03 bits per heavy atom. The zero-order valence-electron chi connectivity index (χ0n) is 20.3. The molecule has 35 heavy (non-hydrogen) atoms. The van der Waals surface area contributed by atoms with E-state index in [1.54, 1.807) is 11.6 Å². The first kappa shape index (κ1) is 22.7. The molecule has 3 heterocycles. The molecule has 0 atom stereocenters. The monoisotopic (exact) mass is 467 g/mol. The number of aromatic amines is 1. The number of aryl methyl sites for hydroxylation is 3. The van der Waals surface area contributed by atoms with E-state index in [4.69, 9.17) is 5.10 Å². The minimum absolute atomic E-state index is 0.0527. The van der Waals surface area contributed by atoms with E-state index in [1.807, 2.05) is 73.3 Å². The van der Waals surface area contributed by atoms with Crippen LogP contribution in [0.25, 0.3) is 27.6 Å². The van der Waals surface area contributed by atoms with E-state index >= 15 is 0 Å². The maximum atomic E-state index is 13.3. The number of rotatable bonds is 7. The number of nitrogens with one attached hydrogen (secondary N) is 2. The average Bonchev–Trinajstić information content (AvgIpc) is 3.44. The second kappa shape index (κ2) is 9.25. The molecule has 5 rings (SSSR count). The molecule has 7 heteroatoms. The fourth-order valence-electron chi connectivity index (χ4n) is 4.92. The topological polar surface area (TPSA) is 84.7 Å². The van der Waals surface area contributed by atoms with Gasteiger partial charge in [-0.3, -0.25) is 14.2 Å². The number of pyridine rings is 1. The molecule has 0 aliphatic rings. The molecule has 2 N–H and O–H groups in total. The van der Waals surface area contributed by atoms with Crippen molar-refractivity contribution in [2.45, 2.75) is 33.1 Å². The summed E-state index contributed by atoms with van der Waals surface area (Å²) in [5.74, 6) is -0.0527. The van der Waals surface area contributed by atoms with Crippen molar-refractivity contribution in [1.82, 2.24) is 24.6 Å². The number of H-pyrrole nitrogens is 1. The lowest BCUT2D eigenvalue weighted by Gasteiger charge is -2.13. The number of fused-ring (bicyclic) bond motifs is 2. The van der Waals surface area contributed by atoms with Gasteiger partial charge in [-0.2, -0.15) is 5.10 Å². The van der Waals surface area contributed by atoms with Gasteiger partial charge in [0.1, 0.15) is 5.65 Å². The number of hydrogen-bond donors (Lipinski definition) is 2. The number of benzene rings is 2. The average molecular weight is 468 g/mol. The summed E-state index contributed by atoms with van der Waals surface area (Å²) in [6.07, 6.45) is 3.40. The highest BCUT2D eigenvalue weighted by Crippen LogP contribution is 2.25.